The molecule has 0 amide bonds. The first-order chi connectivity index (χ1) is 18.2. The Balaban J connectivity index is -0.0000000840. The Bertz CT molecular complexity index is 568. The van der Waals surface area contributed by atoms with Crippen molar-refractivity contribution < 1.29 is 29.7 Å². The molecule has 0 aliphatic heterocycles. The van der Waals surface area contributed by atoms with E-state index in [0.717, 1.165) is 0 Å². The van der Waals surface area contributed by atoms with Gasteiger partial charge in [0.1, 0.15) is 0 Å². The Hall–Kier alpha value is -3.26. The molecule has 1 aromatic heterocycles. The van der Waals surface area contributed by atoms with Gasteiger partial charge in [0.2, 0.25) is 0 Å². The predicted octanol–water partition coefficient (Wildman–Crippen LogP) is 7.47. The highest BCUT2D eigenvalue weighted by Gasteiger charge is 2.10. The van der Waals surface area contributed by atoms with Gasteiger partial charge in [-0.15, -0.1) is 0 Å². The van der Waals surface area contributed by atoms with Gasteiger partial charge in [0.15, 0.2) is 0 Å². The molecule has 222 valence electrons. The molecular formula is C30H56N2O6. The zero-order chi connectivity index (χ0) is 31.2. The van der Waals surface area contributed by atoms with Crippen molar-refractivity contribution >= 4 is 17.9 Å². The van der Waals surface area contributed by atoms with E-state index in [1.54, 1.807) is 19.3 Å². The van der Waals surface area contributed by atoms with Crippen LogP contribution in [0.4, 0.5) is 0 Å². The number of carboxylic acid groups (broad SMARTS) is 3. The number of rotatable bonds is 7. The number of aliphatic carboxylic acids is 3. The van der Waals surface area contributed by atoms with Crippen molar-refractivity contribution in [3.05, 3.63) is 67.0 Å². The van der Waals surface area contributed by atoms with Crippen LogP contribution in [0.3, 0.4) is 0 Å². The standard InChI is InChI=1S/C6H11NO4.C6H6.C5H5N.C5H10O2.4C2H6/c1-2-7(3-5(8)9)4-6(10)11;2*1-2-4-6-5-3-1;1-4(2)3-5(6)7;4*1-2/h2-4H2,1H3,(H,8,9)(H,10,11);1-6H;1-5H;4H,3H2,1-2H3,(H,6,7);4*1-2H3. The van der Waals surface area contributed by atoms with Gasteiger partial charge in [-0.2, -0.15) is 0 Å². The predicted molar refractivity (Wildman–Crippen MR) is 161 cm³/mol. The third kappa shape index (κ3) is 63.8. The molecule has 0 spiro atoms. The minimum absolute atomic E-state index is 0.219. The van der Waals surface area contributed by atoms with E-state index in [1.807, 2.05) is 124 Å². The van der Waals surface area contributed by atoms with Gasteiger partial charge in [0.05, 0.1) is 13.1 Å². The summed E-state index contributed by atoms with van der Waals surface area (Å²) in [5.41, 5.74) is 0. The Kier molecular flexibility index (Phi) is 59.2. The first kappa shape index (κ1) is 47.9. The van der Waals surface area contributed by atoms with Gasteiger partial charge in [-0.05, 0) is 24.6 Å². The maximum Gasteiger partial charge on any atom is 0.317 e. The average Bonchev–Trinajstić information content (AvgIpc) is 2.94. The zero-order valence-electron chi connectivity index (χ0n) is 25.7. The second kappa shape index (κ2) is 47.0. The molecule has 1 aromatic carbocycles. The molecule has 38 heavy (non-hydrogen) atoms. The molecule has 0 atom stereocenters. The number of hydrogen-bond donors (Lipinski definition) is 3. The minimum atomic E-state index is -1.01. The van der Waals surface area contributed by atoms with Gasteiger partial charge in [0, 0.05) is 18.8 Å². The number of carboxylic acids is 3. The van der Waals surface area contributed by atoms with Crippen LogP contribution in [0.25, 0.3) is 0 Å². The molecule has 8 heteroatoms. The normalized spacial score (nSPS) is 7.82. The number of benzene rings is 1. The van der Waals surface area contributed by atoms with Gasteiger partial charge in [-0.3, -0.25) is 24.3 Å². The van der Waals surface area contributed by atoms with Gasteiger partial charge in [0.25, 0.3) is 0 Å². The molecule has 0 aliphatic carbocycles. The summed E-state index contributed by atoms with van der Waals surface area (Å²) in [5, 5.41) is 24.7. The summed E-state index contributed by atoms with van der Waals surface area (Å²) in [5.74, 6) is -2.45. The number of aromatic nitrogens is 1. The second-order valence-corrected chi connectivity index (χ2v) is 6.26. The van der Waals surface area contributed by atoms with Crippen LogP contribution in [0.5, 0.6) is 0 Å². The summed E-state index contributed by atoms with van der Waals surface area (Å²) in [7, 11) is 0. The summed E-state index contributed by atoms with van der Waals surface area (Å²) < 4.78 is 0. The van der Waals surface area contributed by atoms with Crippen molar-refractivity contribution in [1.29, 1.82) is 0 Å². The van der Waals surface area contributed by atoms with E-state index in [1.165, 1.54) is 4.90 Å². The highest BCUT2D eigenvalue weighted by atomic mass is 16.4. The van der Waals surface area contributed by atoms with Crippen molar-refractivity contribution in [2.45, 2.75) is 82.6 Å². The molecule has 0 bridgehead atoms. The summed E-state index contributed by atoms with van der Waals surface area (Å²) >= 11 is 0. The van der Waals surface area contributed by atoms with Crippen molar-refractivity contribution in [1.82, 2.24) is 9.88 Å². The van der Waals surface area contributed by atoms with Crippen LogP contribution in [-0.4, -0.2) is 62.7 Å². The summed E-state index contributed by atoms with van der Waals surface area (Å²) in [6.45, 7) is 21.5. The van der Waals surface area contributed by atoms with Crippen molar-refractivity contribution in [3.8, 4) is 0 Å². The van der Waals surface area contributed by atoms with E-state index in [4.69, 9.17) is 15.3 Å². The van der Waals surface area contributed by atoms with Crippen LogP contribution < -0.4 is 0 Å². The molecule has 8 nitrogen and oxygen atoms in total. The van der Waals surface area contributed by atoms with Crippen LogP contribution in [0.1, 0.15) is 82.6 Å². The van der Waals surface area contributed by atoms with Crippen molar-refractivity contribution in [2.75, 3.05) is 19.6 Å². The van der Waals surface area contributed by atoms with E-state index in [0.29, 0.717) is 6.54 Å². The number of hydrogen-bond acceptors (Lipinski definition) is 5. The molecule has 0 aliphatic rings. The molecule has 2 rings (SSSR count). The van der Waals surface area contributed by atoms with Gasteiger partial charge < -0.3 is 15.3 Å². The highest BCUT2D eigenvalue weighted by Crippen LogP contribution is 1.96. The zero-order valence-corrected chi connectivity index (χ0v) is 25.7. The van der Waals surface area contributed by atoms with Crippen LogP contribution in [-0.2, 0) is 14.4 Å². The Morgan fingerprint density at radius 3 is 1.00 bits per heavy atom. The summed E-state index contributed by atoms with van der Waals surface area (Å²) in [6, 6.07) is 17.7. The van der Waals surface area contributed by atoms with Gasteiger partial charge in [-0.1, -0.05) is 119 Å². The monoisotopic (exact) mass is 540 g/mol. The van der Waals surface area contributed by atoms with Crippen LogP contribution in [0.2, 0.25) is 0 Å². The smallest absolute Gasteiger partial charge is 0.317 e. The largest absolute Gasteiger partial charge is 0.481 e. The number of pyridine rings is 1. The first-order valence-corrected chi connectivity index (χ1v) is 13.4. The Morgan fingerprint density at radius 2 is 0.895 bits per heavy atom. The molecular weight excluding hydrogens is 484 g/mol. The SMILES string of the molecule is CC.CC.CC.CC.CC(C)CC(=O)O.CCN(CC(=O)O)CC(=O)O.c1ccccc1.c1ccncc1. The lowest BCUT2D eigenvalue weighted by molar-refractivity contribution is -0.142. The highest BCUT2D eigenvalue weighted by molar-refractivity contribution is 5.72. The second-order valence-electron chi connectivity index (χ2n) is 6.26. The fourth-order valence-electron chi connectivity index (χ4n) is 1.71. The maximum absolute atomic E-state index is 10.1. The van der Waals surface area contributed by atoms with Crippen molar-refractivity contribution in [3.63, 3.8) is 0 Å². The average molecular weight is 541 g/mol. The Morgan fingerprint density at radius 1 is 0.605 bits per heavy atom. The molecule has 0 fully saturated rings. The molecule has 0 unspecified atom stereocenters. The lowest BCUT2D eigenvalue weighted by Crippen LogP contribution is -2.34. The molecule has 1 heterocycles. The minimum Gasteiger partial charge on any atom is -0.481 e. The van der Waals surface area contributed by atoms with Gasteiger partial charge >= 0.3 is 17.9 Å². The third-order valence-electron chi connectivity index (χ3n) is 2.98. The lowest BCUT2D eigenvalue weighted by Gasteiger charge is -2.13. The molecule has 3 N–H and O–H groups in total. The number of nitrogens with zero attached hydrogens (tertiary/aromatic N) is 2. The quantitative estimate of drug-likeness (QED) is 0.330. The van der Waals surface area contributed by atoms with Gasteiger partial charge in [-0.25, -0.2) is 0 Å². The van der Waals surface area contributed by atoms with Crippen LogP contribution >= 0.6 is 0 Å². The van der Waals surface area contributed by atoms with E-state index < -0.39 is 17.9 Å². The van der Waals surface area contributed by atoms with E-state index >= 15 is 0 Å². The van der Waals surface area contributed by atoms with Crippen LogP contribution in [0.15, 0.2) is 67.0 Å². The van der Waals surface area contributed by atoms with E-state index in [2.05, 4.69) is 4.98 Å². The third-order valence-corrected chi connectivity index (χ3v) is 2.98. The first-order valence-electron chi connectivity index (χ1n) is 13.4. The fraction of sp³-hybridized carbons (Fsp3) is 0.533. The number of likely N-dealkylation sites (N-methyl/N-ethyl adjacent to an activating group) is 1. The maximum atomic E-state index is 10.1. The number of carbonyl (C=O) groups is 3. The van der Waals surface area contributed by atoms with Crippen LogP contribution in [0, 0.1) is 5.92 Å². The molecule has 0 saturated heterocycles. The van der Waals surface area contributed by atoms with E-state index in [-0.39, 0.29) is 25.4 Å². The fourth-order valence-corrected chi connectivity index (χ4v) is 1.71. The summed E-state index contributed by atoms with van der Waals surface area (Å²) in [6.07, 6.45) is 3.78. The van der Waals surface area contributed by atoms with E-state index in [9.17, 15) is 14.4 Å². The Labute approximate surface area is 232 Å². The molecule has 2 aromatic rings. The van der Waals surface area contributed by atoms with Crippen molar-refractivity contribution in [2.24, 2.45) is 5.92 Å². The topological polar surface area (TPSA) is 128 Å². The molecule has 0 radical (unpaired) electrons. The summed E-state index contributed by atoms with van der Waals surface area (Å²) in [4.78, 5) is 35.1. The molecule has 0 saturated carbocycles. The lowest BCUT2D eigenvalue weighted by atomic mass is 10.1.